The monoisotopic (exact) mass is 379 g/mol. The molecule has 2 N–H and O–H groups in total. The summed E-state index contributed by atoms with van der Waals surface area (Å²) in [7, 11) is 0. The number of nitrogens with one attached hydrogen (secondary N) is 1. The van der Waals surface area contributed by atoms with Crippen LogP contribution in [0.5, 0.6) is 5.75 Å². The first kappa shape index (κ1) is 19.6. The van der Waals surface area contributed by atoms with Gasteiger partial charge in [0.15, 0.2) is 0 Å². The second-order valence-electron chi connectivity index (χ2n) is 7.08. The first-order valence-corrected chi connectivity index (χ1v) is 9.37. The molecular weight excluding hydrogens is 354 g/mol. The Hall–Kier alpha value is -3.15. The topological polar surface area (TPSA) is 82.5 Å². The molecule has 0 spiro atoms. The van der Waals surface area contributed by atoms with Crippen molar-refractivity contribution in [2.24, 2.45) is 0 Å². The number of piperidine rings is 1. The fourth-order valence-electron chi connectivity index (χ4n) is 3.71. The summed E-state index contributed by atoms with van der Waals surface area (Å²) in [6.45, 7) is 6.50. The van der Waals surface area contributed by atoms with Crippen molar-refractivity contribution in [1.82, 2.24) is 15.2 Å². The first-order chi connectivity index (χ1) is 13.5. The SMILES string of the molecule is C=CC(=O)N1CCC(C(=O)NCc2nc(C)ccc2O)(c2ccccc2)CC1. The third kappa shape index (κ3) is 3.91. The fourth-order valence-corrected chi connectivity index (χ4v) is 3.71. The van der Waals surface area contributed by atoms with E-state index in [1.807, 2.05) is 37.3 Å². The summed E-state index contributed by atoms with van der Waals surface area (Å²) in [5.74, 6) is -0.172. The minimum Gasteiger partial charge on any atom is -0.506 e. The molecule has 6 nitrogen and oxygen atoms in total. The van der Waals surface area contributed by atoms with Crippen LogP contribution in [0.15, 0.2) is 55.1 Å². The van der Waals surface area contributed by atoms with Crippen LogP contribution < -0.4 is 5.32 Å². The van der Waals surface area contributed by atoms with Crippen LogP contribution in [-0.4, -0.2) is 39.9 Å². The summed E-state index contributed by atoms with van der Waals surface area (Å²) in [4.78, 5) is 31.2. The molecule has 2 amide bonds. The molecule has 0 radical (unpaired) electrons. The summed E-state index contributed by atoms with van der Waals surface area (Å²) in [6, 6.07) is 13.0. The Morgan fingerprint density at radius 3 is 2.54 bits per heavy atom. The Balaban J connectivity index is 1.81. The van der Waals surface area contributed by atoms with Crippen molar-refractivity contribution >= 4 is 11.8 Å². The molecule has 0 bridgehead atoms. The second-order valence-corrected chi connectivity index (χ2v) is 7.08. The molecule has 0 unspecified atom stereocenters. The van der Waals surface area contributed by atoms with Gasteiger partial charge in [0.1, 0.15) is 11.4 Å². The summed E-state index contributed by atoms with van der Waals surface area (Å²) in [6.07, 6.45) is 2.35. The average molecular weight is 379 g/mol. The summed E-state index contributed by atoms with van der Waals surface area (Å²) in [5.41, 5.74) is 1.42. The fraction of sp³-hybridized carbons (Fsp3) is 0.318. The standard InChI is InChI=1S/C22H25N3O3/c1-3-20(27)25-13-11-22(12-14-25,17-7-5-4-6-8-17)21(28)23-15-18-19(26)10-9-16(2)24-18/h3-10,26H,1,11-15H2,2H3,(H,23,28). The number of carbonyl (C=O) groups is 2. The number of hydrogen-bond acceptors (Lipinski definition) is 4. The molecule has 2 heterocycles. The maximum absolute atomic E-state index is 13.3. The van der Waals surface area contributed by atoms with Crippen LogP contribution in [0.3, 0.4) is 0 Å². The molecule has 0 saturated carbocycles. The van der Waals surface area contributed by atoms with Crippen LogP contribution in [0.1, 0.15) is 29.8 Å². The molecular formula is C22H25N3O3. The van der Waals surface area contributed by atoms with E-state index in [-0.39, 0.29) is 24.1 Å². The van der Waals surface area contributed by atoms with Crippen LogP contribution in [0.4, 0.5) is 0 Å². The third-order valence-electron chi connectivity index (χ3n) is 5.37. The quantitative estimate of drug-likeness (QED) is 0.782. The van der Waals surface area contributed by atoms with E-state index in [1.54, 1.807) is 17.0 Å². The summed E-state index contributed by atoms with van der Waals surface area (Å²) in [5, 5.41) is 12.9. The molecule has 1 aliphatic heterocycles. The second kappa shape index (κ2) is 8.25. The number of pyridine rings is 1. The average Bonchev–Trinajstić information content (AvgIpc) is 2.74. The van der Waals surface area contributed by atoms with Gasteiger partial charge >= 0.3 is 0 Å². The predicted octanol–water partition coefficient (Wildman–Crippen LogP) is 2.46. The van der Waals surface area contributed by atoms with E-state index in [2.05, 4.69) is 16.9 Å². The van der Waals surface area contributed by atoms with Crippen LogP contribution in [-0.2, 0) is 21.5 Å². The van der Waals surface area contributed by atoms with E-state index in [0.717, 1.165) is 11.3 Å². The molecule has 6 heteroatoms. The zero-order chi connectivity index (χ0) is 20.1. The number of carbonyl (C=O) groups excluding carboxylic acids is 2. The van der Waals surface area contributed by atoms with Crippen molar-refractivity contribution < 1.29 is 14.7 Å². The lowest BCUT2D eigenvalue weighted by Gasteiger charge is -2.40. The van der Waals surface area contributed by atoms with Crippen LogP contribution in [0, 0.1) is 6.92 Å². The largest absolute Gasteiger partial charge is 0.506 e. The number of hydrogen-bond donors (Lipinski definition) is 2. The van der Waals surface area contributed by atoms with Crippen molar-refractivity contribution in [3.05, 3.63) is 72.1 Å². The summed E-state index contributed by atoms with van der Waals surface area (Å²) < 4.78 is 0. The normalized spacial score (nSPS) is 15.7. The smallest absolute Gasteiger partial charge is 0.245 e. The molecule has 1 aliphatic rings. The molecule has 1 aromatic carbocycles. The lowest BCUT2D eigenvalue weighted by Crippen LogP contribution is -2.52. The van der Waals surface area contributed by atoms with Gasteiger partial charge in [0, 0.05) is 18.8 Å². The lowest BCUT2D eigenvalue weighted by atomic mass is 9.72. The number of rotatable bonds is 5. The number of nitrogens with zero attached hydrogens (tertiary/aromatic N) is 2. The molecule has 1 fully saturated rings. The summed E-state index contributed by atoms with van der Waals surface area (Å²) >= 11 is 0. The molecule has 1 aromatic heterocycles. The van der Waals surface area contributed by atoms with Gasteiger partial charge < -0.3 is 15.3 Å². The number of amides is 2. The van der Waals surface area contributed by atoms with Crippen molar-refractivity contribution in [3.8, 4) is 5.75 Å². The van der Waals surface area contributed by atoms with Gasteiger partial charge in [-0.15, -0.1) is 0 Å². The van der Waals surface area contributed by atoms with Crippen LogP contribution >= 0.6 is 0 Å². The van der Waals surface area contributed by atoms with E-state index in [4.69, 9.17) is 0 Å². The maximum Gasteiger partial charge on any atom is 0.245 e. The Morgan fingerprint density at radius 1 is 1.21 bits per heavy atom. The highest BCUT2D eigenvalue weighted by molar-refractivity contribution is 5.90. The molecule has 0 aliphatic carbocycles. The highest BCUT2D eigenvalue weighted by Crippen LogP contribution is 2.36. The van der Waals surface area contributed by atoms with E-state index in [9.17, 15) is 14.7 Å². The van der Waals surface area contributed by atoms with Crippen LogP contribution in [0.25, 0.3) is 0 Å². The van der Waals surface area contributed by atoms with Crippen molar-refractivity contribution in [2.75, 3.05) is 13.1 Å². The van der Waals surface area contributed by atoms with Crippen molar-refractivity contribution in [1.29, 1.82) is 0 Å². The van der Waals surface area contributed by atoms with Gasteiger partial charge in [0.05, 0.1) is 12.0 Å². The van der Waals surface area contributed by atoms with Crippen molar-refractivity contribution in [3.63, 3.8) is 0 Å². The highest BCUT2D eigenvalue weighted by Gasteiger charge is 2.43. The first-order valence-electron chi connectivity index (χ1n) is 9.37. The van der Waals surface area contributed by atoms with E-state index in [1.165, 1.54) is 6.08 Å². The molecule has 1 saturated heterocycles. The van der Waals surface area contributed by atoms with Gasteiger partial charge in [-0.05, 0) is 43.5 Å². The maximum atomic E-state index is 13.3. The van der Waals surface area contributed by atoms with Gasteiger partial charge in [-0.25, -0.2) is 0 Å². The third-order valence-corrected chi connectivity index (χ3v) is 5.37. The van der Waals surface area contributed by atoms with Crippen LogP contribution in [0.2, 0.25) is 0 Å². The Bertz CT molecular complexity index is 872. The number of aryl methyl sites for hydroxylation is 1. The molecule has 3 rings (SSSR count). The Kier molecular flexibility index (Phi) is 5.78. The molecule has 0 atom stereocenters. The molecule has 28 heavy (non-hydrogen) atoms. The van der Waals surface area contributed by atoms with Gasteiger partial charge in [0.2, 0.25) is 11.8 Å². The molecule has 146 valence electrons. The highest BCUT2D eigenvalue weighted by atomic mass is 16.3. The van der Waals surface area contributed by atoms with Gasteiger partial charge in [0.25, 0.3) is 0 Å². The number of aromatic nitrogens is 1. The zero-order valence-corrected chi connectivity index (χ0v) is 16.0. The number of benzene rings is 1. The zero-order valence-electron chi connectivity index (χ0n) is 16.0. The van der Waals surface area contributed by atoms with Gasteiger partial charge in [-0.2, -0.15) is 0 Å². The number of aromatic hydroxyl groups is 1. The predicted molar refractivity (Wildman–Crippen MR) is 107 cm³/mol. The molecule has 2 aromatic rings. The van der Waals surface area contributed by atoms with Gasteiger partial charge in [-0.1, -0.05) is 36.9 Å². The van der Waals surface area contributed by atoms with E-state index in [0.29, 0.717) is 31.6 Å². The van der Waals surface area contributed by atoms with Crippen molar-refractivity contribution in [2.45, 2.75) is 31.7 Å². The van der Waals surface area contributed by atoms with E-state index < -0.39 is 5.41 Å². The Labute approximate surface area is 164 Å². The lowest BCUT2D eigenvalue weighted by molar-refractivity contribution is -0.134. The minimum absolute atomic E-state index is 0.0612. The van der Waals surface area contributed by atoms with E-state index >= 15 is 0 Å². The Morgan fingerprint density at radius 2 is 1.89 bits per heavy atom. The van der Waals surface area contributed by atoms with Gasteiger partial charge in [-0.3, -0.25) is 14.6 Å². The minimum atomic E-state index is -0.724. The number of likely N-dealkylation sites (tertiary alicyclic amines) is 1.